The predicted octanol–water partition coefficient (Wildman–Crippen LogP) is 1.98. The Hall–Kier alpha value is -2.94. The molecule has 2 aromatic heterocycles. The largest absolute Gasteiger partial charge is 0.341 e. The molecule has 8 nitrogen and oxygen atoms in total. The normalized spacial score (nSPS) is 10.7. The zero-order valence-corrected chi connectivity index (χ0v) is 15.4. The van der Waals surface area contributed by atoms with Crippen molar-refractivity contribution in [2.45, 2.75) is 18.9 Å². The van der Waals surface area contributed by atoms with E-state index in [1.807, 2.05) is 48.9 Å². The minimum absolute atomic E-state index is 0.0392. The van der Waals surface area contributed by atoms with Gasteiger partial charge in [0.2, 0.25) is 5.91 Å². The average Bonchev–Trinajstić information content (AvgIpc) is 3.00. The van der Waals surface area contributed by atoms with Gasteiger partial charge in [0.05, 0.1) is 22.8 Å². The van der Waals surface area contributed by atoms with Crippen molar-refractivity contribution in [2.24, 2.45) is 0 Å². The Labute approximate surface area is 154 Å². The van der Waals surface area contributed by atoms with Gasteiger partial charge in [-0.2, -0.15) is 10.2 Å². The number of thioether (sulfide) groups is 1. The summed E-state index contributed by atoms with van der Waals surface area (Å²) in [5, 5.41) is 19.1. The predicted molar refractivity (Wildman–Crippen MR) is 99.5 cm³/mol. The van der Waals surface area contributed by atoms with Crippen LogP contribution >= 0.6 is 11.8 Å². The number of rotatable bonds is 4. The van der Waals surface area contributed by atoms with Crippen molar-refractivity contribution >= 4 is 34.6 Å². The first-order chi connectivity index (χ1) is 12.5. The van der Waals surface area contributed by atoms with Gasteiger partial charge in [-0.25, -0.2) is 9.48 Å². The summed E-state index contributed by atoms with van der Waals surface area (Å²) in [6.45, 7) is 3.86. The summed E-state index contributed by atoms with van der Waals surface area (Å²) < 4.78 is 1.84. The molecule has 0 aliphatic rings. The molecule has 0 aliphatic heterocycles. The van der Waals surface area contributed by atoms with E-state index in [2.05, 4.69) is 25.9 Å². The van der Waals surface area contributed by atoms with Gasteiger partial charge in [-0.15, -0.1) is 5.10 Å². The van der Waals surface area contributed by atoms with Crippen molar-refractivity contribution in [3.8, 4) is 5.69 Å². The van der Waals surface area contributed by atoms with Crippen molar-refractivity contribution < 1.29 is 9.59 Å². The molecule has 0 atom stereocenters. The molecule has 3 rings (SSSR count). The first-order valence-electron chi connectivity index (χ1n) is 7.93. The fourth-order valence-corrected chi connectivity index (χ4v) is 3.30. The molecular weight excluding hydrogens is 352 g/mol. The average molecular weight is 370 g/mol. The maximum atomic E-state index is 11.8. The second kappa shape index (κ2) is 7.52. The van der Waals surface area contributed by atoms with Gasteiger partial charge in [-0.3, -0.25) is 10.1 Å². The van der Waals surface area contributed by atoms with Crippen molar-refractivity contribution in [3.05, 3.63) is 41.7 Å². The molecule has 3 aromatic rings. The third-order valence-electron chi connectivity index (χ3n) is 3.79. The van der Waals surface area contributed by atoms with Crippen LogP contribution < -0.4 is 10.6 Å². The number of hydrogen-bond donors (Lipinski definition) is 2. The van der Waals surface area contributed by atoms with E-state index >= 15 is 0 Å². The molecule has 0 saturated heterocycles. The van der Waals surface area contributed by atoms with Crippen LogP contribution in [0.5, 0.6) is 0 Å². The van der Waals surface area contributed by atoms with Gasteiger partial charge < -0.3 is 5.32 Å². The minimum Gasteiger partial charge on any atom is -0.341 e. The Morgan fingerprint density at radius 2 is 1.88 bits per heavy atom. The van der Waals surface area contributed by atoms with Crippen molar-refractivity contribution in [1.29, 1.82) is 0 Å². The summed E-state index contributed by atoms with van der Waals surface area (Å²) in [4.78, 5) is 23.0. The molecular formula is C17H18N6O2S. The lowest BCUT2D eigenvalue weighted by atomic mass is 10.2. The third kappa shape index (κ3) is 3.52. The van der Waals surface area contributed by atoms with Crippen LogP contribution in [0.15, 0.2) is 35.4 Å². The number of nitrogens with one attached hydrogen (secondary N) is 2. The first-order valence-corrected chi connectivity index (χ1v) is 8.92. The Kier molecular flexibility index (Phi) is 5.17. The number of imide groups is 1. The maximum Gasteiger partial charge on any atom is 0.321 e. The van der Waals surface area contributed by atoms with Crippen LogP contribution in [0.25, 0.3) is 16.6 Å². The molecule has 3 amide bonds. The van der Waals surface area contributed by atoms with Gasteiger partial charge >= 0.3 is 6.03 Å². The number of benzene rings is 1. The second-order valence-electron chi connectivity index (χ2n) is 5.56. The number of aromatic nitrogens is 4. The van der Waals surface area contributed by atoms with Gasteiger partial charge in [0.15, 0.2) is 0 Å². The van der Waals surface area contributed by atoms with Gasteiger partial charge in [-0.1, -0.05) is 30.0 Å². The molecule has 26 heavy (non-hydrogen) atoms. The number of carbonyl (C=O) groups is 2. The monoisotopic (exact) mass is 370 g/mol. The molecule has 0 unspecified atom stereocenters. The van der Waals surface area contributed by atoms with Crippen LogP contribution in [-0.4, -0.2) is 44.7 Å². The summed E-state index contributed by atoms with van der Waals surface area (Å²) in [6, 6.07) is 9.24. The number of amides is 3. The van der Waals surface area contributed by atoms with E-state index < -0.39 is 11.9 Å². The van der Waals surface area contributed by atoms with Gasteiger partial charge in [0.1, 0.15) is 10.5 Å². The molecule has 2 N–H and O–H groups in total. The Morgan fingerprint density at radius 3 is 2.58 bits per heavy atom. The fourth-order valence-electron chi connectivity index (χ4n) is 2.58. The lowest BCUT2D eigenvalue weighted by Crippen LogP contribution is -2.38. The van der Waals surface area contributed by atoms with Crippen LogP contribution in [0.1, 0.15) is 11.4 Å². The van der Waals surface area contributed by atoms with E-state index in [0.717, 1.165) is 22.5 Å². The summed E-state index contributed by atoms with van der Waals surface area (Å²) in [5.74, 6) is -0.374. The lowest BCUT2D eigenvalue weighted by Gasteiger charge is -2.03. The molecule has 0 saturated carbocycles. The maximum absolute atomic E-state index is 11.8. The van der Waals surface area contributed by atoms with Crippen LogP contribution in [0, 0.1) is 13.8 Å². The zero-order chi connectivity index (χ0) is 18.7. The highest BCUT2D eigenvalue weighted by atomic mass is 32.2. The molecule has 134 valence electrons. The smallest absolute Gasteiger partial charge is 0.321 e. The molecule has 0 spiro atoms. The van der Waals surface area contributed by atoms with Crippen molar-refractivity contribution in [1.82, 2.24) is 30.6 Å². The van der Waals surface area contributed by atoms with E-state index in [9.17, 15) is 9.59 Å². The Bertz CT molecular complexity index is 970. The summed E-state index contributed by atoms with van der Waals surface area (Å²) in [5.41, 5.74) is 3.36. The molecule has 0 radical (unpaired) electrons. The second-order valence-corrected chi connectivity index (χ2v) is 6.53. The zero-order valence-electron chi connectivity index (χ0n) is 14.6. The van der Waals surface area contributed by atoms with Crippen LogP contribution in [0.3, 0.4) is 0 Å². The Morgan fingerprint density at radius 1 is 1.15 bits per heavy atom. The number of para-hydroxylation sites is 1. The van der Waals surface area contributed by atoms with E-state index in [0.29, 0.717) is 10.5 Å². The molecule has 2 heterocycles. The van der Waals surface area contributed by atoms with E-state index in [1.165, 1.54) is 18.8 Å². The molecule has 0 bridgehead atoms. The number of fused-ring (bicyclic) bond motifs is 1. The summed E-state index contributed by atoms with van der Waals surface area (Å²) in [7, 11) is 1.45. The van der Waals surface area contributed by atoms with Crippen molar-refractivity contribution in [2.75, 3.05) is 12.8 Å². The highest BCUT2D eigenvalue weighted by Crippen LogP contribution is 2.29. The van der Waals surface area contributed by atoms with Gasteiger partial charge in [-0.05, 0) is 26.0 Å². The van der Waals surface area contributed by atoms with E-state index in [4.69, 9.17) is 0 Å². The number of hydrogen-bond acceptors (Lipinski definition) is 6. The van der Waals surface area contributed by atoms with E-state index in [-0.39, 0.29) is 5.75 Å². The number of urea groups is 1. The van der Waals surface area contributed by atoms with Gasteiger partial charge in [0, 0.05) is 12.4 Å². The first kappa shape index (κ1) is 17.9. The van der Waals surface area contributed by atoms with E-state index in [1.54, 1.807) is 0 Å². The standard InChI is InChI=1S/C17H18N6O2S/c1-10-14-11(2)23(12-7-5-4-6-8-12)22-15(14)16(21-20-10)26-9-13(24)19-17(25)18-3/h4-8H,9H2,1-3H3,(H2,18,19,24,25). The number of nitrogens with zero attached hydrogens (tertiary/aromatic N) is 4. The van der Waals surface area contributed by atoms with Crippen LogP contribution in [0.2, 0.25) is 0 Å². The quantitative estimate of drug-likeness (QED) is 0.681. The SMILES string of the molecule is CNC(=O)NC(=O)CSc1nnc(C)c2c(C)n(-c3ccccc3)nc12. The highest BCUT2D eigenvalue weighted by Gasteiger charge is 2.18. The summed E-state index contributed by atoms with van der Waals surface area (Å²) >= 11 is 1.19. The lowest BCUT2D eigenvalue weighted by molar-refractivity contribution is -0.117. The Balaban J connectivity index is 1.94. The number of carbonyl (C=O) groups excluding carboxylic acids is 2. The highest BCUT2D eigenvalue weighted by molar-refractivity contribution is 8.00. The molecule has 9 heteroatoms. The van der Waals surface area contributed by atoms with Crippen LogP contribution in [-0.2, 0) is 4.79 Å². The van der Waals surface area contributed by atoms with Gasteiger partial charge in [0.25, 0.3) is 0 Å². The number of aryl methyl sites for hydroxylation is 2. The minimum atomic E-state index is -0.542. The molecule has 1 aromatic carbocycles. The van der Waals surface area contributed by atoms with Crippen molar-refractivity contribution in [3.63, 3.8) is 0 Å². The topological polar surface area (TPSA) is 102 Å². The summed E-state index contributed by atoms with van der Waals surface area (Å²) in [6.07, 6.45) is 0. The molecule has 0 aliphatic carbocycles. The molecule has 0 fully saturated rings. The van der Waals surface area contributed by atoms with Crippen LogP contribution in [0.4, 0.5) is 4.79 Å². The third-order valence-corrected chi connectivity index (χ3v) is 4.75. The fraction of sp³-hybridized carbons (Fsp3) is 0.235.